The summed E-state index contributed by atoms with van der Waals surface area (Å²) in [5, 5.41) is 3.00. The summed E-state index contributed by atoms with van der Waals surface area (Å²) in [6.07, 6.45) is 0.698. The number of sulfonamides is 1. The Hall–Kier alpha value is -2.83. The number of amides is 1. The van der Waals surface area contributed by atoms with Gasteiger partial charge in [-0.05, 0) is 49.2 Å². The first kappa shape index (κ1) is 21.9. The van der Waals surface area contributed by atoms with Crippen LogP contribution in [0.15, 0.2) is 77.7 Å². The number of rotatable bonds is 7. The molecule has 0 aliphatic carbocycles. The first-order valence-corrected chi connectivity index (χ1v) is 11.4. The zero-order valence-electron chi connectivity index (χ0n) is 16.7. The Bertz CT molecular complexity index is 1130. The maximum absolute atomic E-state index is 12.9. The molecule has 0 aromatic heterocycles. The molecule has 3 aromatic carbocycles. The van der Waals surface area contributed by atoms with Gasteiger partial charge >= 0.3 is 0 Å². The van der Waals surface area contributed by atoms with E-state index >= 15 is 0 Å². The van der Waals surface area contributed by atoms with E-state index in [1.807, 2.05) is 44.2 Å². The Labute approximate surface area is 182 Å². The van der Waals surface area contributed by atoms with Crippen LogP contribution in [0.5, 0.6) is 0 Å². The Morgan fingerprint density at radius 2 is 1.67 bits per heavy atom. The van der Waals surface area contributed by atoms with Gasteiger partial charge in [0.05, 0.1) is 11.1 Å². The largest absolute Gasteiger partial charge is 0.345 e. The topological polar surface area (TPSA) is 75.3 Å². The van der Waals surface area contributed by atoms with Crippen LogP contribution in [0.3, 0.4) is 0 Å². The molecule has 3 aromatic rings. The molecule has 5 nitrogen and oxygen atoms in total. The molecular formula is C23H23ClN2O3S. The molecule has 0 saturated carbocycles. The van der Waals surface area contributed by atoms with Crippen LogP contribution >= 0.6 is 11.6 Å². The van der Waals surface area contributed by atoms with Gasteiger partial charge in [0.1, 0.15) is 4.90 Å². The summed E-state index contributed by atoms with van der Waals surface area (Å²) in [7, 11) is -3.96. The molecule has 0 spiro atoms. The first-order valence-electron chi connectivity index (χ1n) is 9.55. The average Bonchev–Trinajstić information content (AvgIpc) is 2.74. The van der Waals surface area contributed by atoms with E-state index in [9.17, 15) is 13.2 Å². The van der Waals surface area contributed by atoms with Crippen LogP contribution < -0.4 is 10.0 Å². The summed E-state index contributed by atoms with van der Waals surface area (Å²) in [5.41, 5.74) is 2.63. The van der Waals surface area contributed by atoms with Crippen molar-refractivity contribution in [3.8, 4) is 0 Å². The minimum Gasteiger partial charge on any atom is -0.345 e. The van der Waals surface area contributed by atoms with Crippen LogP contribution in [-0.4, -0.2) is 14.3 Å². The number of halogens is 1. The lowest BCUT2D eigenvalue weighted by molar-refractivity contribution is 0.0935. The van der Waals surface area contributed by atoms with Gasteiger partial charge in [-0.15, -0.1) is 0 Å². The molecule has 0 heterocycles. The third kappa shape index (κ3) is 5.20. The number of nitrogens with one attached hydrogen (secondary N) is 2. The number of anilines is 1. The number of carbonyl (C=O) groups excluding carboxylic acids is 1. The molecule has 30 heavy (non-hydrogen) atoms. The standard InChI is InChI=1S/C23H23ClN2O3S/c1-3-21(17-7-5-4-6-8-17)25-23(27)18-11-14-20(24)22(15-18)30(28,29)26-19-12-9-16(2)10-13-19/h4-15,21,26H,3H2,1-2H3,(H,25,27)/t21-/m0/s1. The van der Waals surface area contributed by atoms with Gasteiger partial charge in [0.15, 0.2) is 0 Å². The van der Waals surface area contributed by atoms with Crippen molar-refractivity contribution in [2.75, 3.05) is 4.72 Å². The van der Waals surface area contributed by atoms with Gasteiger partial charge in [0.2, 0.25) is 0 Å². The van der Waals surface area contributed by atoms with Crippen molar-refractivity contribution in [2.45, 2.75) is 31.2 Å². The van der Waals surface area contributed by atoms with Crippen molar-refractivity contribution in [3.63, 3.8) is 0 Å². The second-order valence-electron chi connectivity index (χ2n) is 6.96. The highest BCUT2D eigenvalue weighted by Crippen LogP contribution is 2.26. The number of hydrogen-bond acceptors (Lipinski definition) is 3. The Balaban J connectivity index is 1.85. The van der Waals surface area contributed by atoms with E-state index in [4.69, 9.17) is 11.6 Å². The zero-order chi connectivity index (χ0) is 21.7. The zero-order valence-corrected chi connectivity index (χ0v) is 18.3. The first-order chi connectivity index (χ1) is 14.3. The molecule has 0 aliphatic heterocycles. The summed E-state index contributed by atoms with van der Waals surface area (Å²) < 4.78 is 28.2. The lowest BCUT2D eigenvalue weighted by Crippen LogP contribution is -2.28. The third-order valence-electron chi connectivity index (χ3n) is 4.70. The van der Waals surface area contributed by atoms with E-state index in [1.165, 1.54) is 18.2 Å². The van der Waals surface area contributed by atoms with Gasteiger partial charge in [-0.2, -0.15) is 0 Å². The lowest BCUT2D eigenvalue weighted by atomic mass is 10.0. The molecule has 3 rings (SSSR count). The fourth-order valence-corrected chi connectivity index (χ4v) is 4.62. The normalized spacial score (nSPS) is 12.2. The number of carbonyl (C=O) groups is 1. The Morgan fingerprint density at radius 3 is 2.30 bits per heavy atom. The van der Waals surface area contributed by atoms with Crippen molar-refractivity contribution >= 4 is 33.2 Å². The molecule has 0 aliphatic rings. The molecule has 0 saturated heterocycles. The SMILES string of the molecule is CC[C@H](NC(=O)c1ccc(Cl)c(S(=O)(=O)Nc2ccc(C)cc2)c1)c1ccccc1. The minimum absolute atomic E-state index is 0.0428. The number of hydrogen-bond donors (Lipinski definition) is 2. The van der Waals surface area contributed by atoms with Crippen molar-refractivity contribution in [1.82, 2.24) is 5.32 Å². The second-order valence-corrected chi connectivity index (χ2v) is 9.02. The Morgan fingerprint density at radius 1 is 1.00 bits per heavy atom. The summed E-state index contributed by atoms with van der Waals surface area (Å²) in [5.74, 6) is -0.367. The van der Waals surface area contributed by atoms with Crippen LogP contribution in [0, 0.1) is 6.92 Å². The second kappa shape index (κ2) is 9.32. The summed E-state index contributed by atoms with van der Waals surface area (Å²) in [6.45, 7) is 3.89. The van der Waals surface area contributed by atoms with Crippen LogP contribution in [0.25, 0.3) is 0 Å². The maximum Gasteiger partial charge on any atom is 0.263 e. The van der Waals surface area contributed by atoms with Crippen molar-refractivity contribution in [1.29, 1.82) is 0 Å². The van der Waals surface area contributed by atoms with E-state index in [0.29, 0.717) is 12.1 Å². The van der Waals surface area contributed by atoms with Gasteiger partial charge in [0, 0.05) is 11.3 Å². The summed E-state index contributed by atoms with van der Waals surface area (Å²) in [4.78, 5) is 12.7. The fourth-order valence-electron chi connectivity index (χ4n) is 3.03. The fraction of sp³-hybridized carbons (Fsp3) is 0.174. The molecular weight excluding hydrogens is 420 g/mol. The van der Waals surface area contributed by atoms with E-state index in [1.54, 1.807) is 24.3 Å². The molecule has 0 bridgehead atoms. The number of benzene rings is 3. The van der Waals surface area contributed by atoms with Crippen LogP contribution in [0.1, 0.15) is 40.9 Å². The van der Waals surface area contributed by atoms with Crippen molar-refractivity contribution < 1.29 is 13.2 Å². The minimum atomic E-state index is -3.96. The smallest absolute Gasteiger partial charge is 0.263 e. The van der Waals surface area contributed by atoms with E-state index in [2.05, 4.69) is 10.0 Å². The highest BCUT2D eigenvalue weighted by atomic mass is 35.5. The lowest BCUT2D eigenvalue weighted by Gasteiger charge is -2.18. The van der Waals surface area contributed by atoms with Crippen molar-refractivity contribution in [3.05, 3.63) is 94.5 Å². The van der Waals surface area contributed by atoms with E-state index in [0.717, 1.165) is 11.1 Å². The molecule has 156 valence electrons. The third-order valence-corrected chi connectivity index (χ3v) is 6.57. The van der Waals surface area contributed by atoms with Gasteiger partial charge in [-0.1, -0.05) is 66.6 Å². The van der Waals surface area contributed by atoms with E-state index < -0.39 is 10.0 Å². The van der Waals surface area contributed by atoms with Gasteiger partial charge < -0.3 is 5.32 Å². The monoisotopic (exact) mass is 442 g/mol. The Kier molecular flexibility index (Phi) is 6.80. The van der Waals surface area contributed by atoms with Gasteiger partial charge in [-0.3, -0.25) is 9.52 Å². The van der Waals surface area contributed by atoms with Crippen LogP contribution in [-0.2, 0) is 10.0 Å². The summed E-state index contributed by atoms with van der Waals surface area (Å²) >= 11 is 6.15. The van der Waals surface area contributed by atoms with Crippen LogP contribution in [0.2, 0.25) is 5.02 Å². The predicted molar refractivity (Wildman–Crippen MR) is 120 cm³/mol. The highest BCUT2D eigenvalue weighted by Gasteiger charge is 2.21. The van der Waals surface area contributed by atoms with Crippen molar-refractivity contribution in [2.24, 2.45) is 0 Å². The molecule has 1 amide bonds. The van der Waals surface area contributed by atoms with Gasteiger partial charge in [-0.25, -0.2) is 8.42 Å². The predicted octanol–water partition coefficient (Wildman–Crippen LogP) is 5.33. The number of aryl methyl sites for hydroxylation is 1. The molecule has 0 fully saturated rings. The molecule has 0 unspecified atom stereocenters. The molecule has 1 atom stereocenters. The maximum atomic E-state index is 12.9. The quantitative estimate of drug-likeness (QED) is 0.519. The van der Waals surface area contributed by atoms with Crippen LogP contribution in [0.4, 0.5) is 5.69 Å². The highest BCUT2D eigenvalue weighted by molar-refractivity contribution is 7.92. The molecule has 0 radical (unpaired) electrons. The van der Waals surface area contributed by atoms with E-state index in [-0.39, 0.29) is 27.4 Å². The summed E-state index contributed by atoms with van der Waals surface area (Å²) in [6, 6.07) is 20.6. The van der Waals surface area contributed by atoms with Gasteiger partial charge in [0.25, 0.3) is 15.9 Å². The molecule has 7 heteroatoms. The molecule has 2 N–H and O–H groups in total. The average molecular weight is 443 g/mol.